The SMILES string of the molecule is COc1cccc(C(=O)NC[C@H]2CCCN(CC#Cc3ccccc3)C2)c1OC. The van der Waals surface area contributed by atoms with Crippen LogP contribution in [0.1, 0.15) is 28.8 Å². The predicted octanol–water partition coefficient (Wildman–Crippen LogP) is 3.20. The topological polar surface area (TPSA) is 50.8 Å². The molecule has 1 aliphatic rings. The fourth-order valence-corrected chi connectivity index (χ4v) is 3.63. The Morgan fingerprint density at radius 3 is 2.72 bits per heavy atom. The van der Waals surface area contributed by atoms with Gasteiger partial charge in [-0.05, 0) is 49.6 Å². The van der Waals surface area contributed by atoms with E-state index in [1.165, 1.54) is 0 Å². The number of carbonyl (C=O) groups is 1. The third-order valence-electron chi connectivity index (χ3n) is 5.11. The molecule has 0 radical (unpaired) electrons. The first kappa shape index (κ1) is 20.8. The van der Waals surface area contributed by atoms with Gasteiger partial charge in [0.2, 0.25) is 0 Å². The lowest BCUT2D eigenvalue weighted by molar-refractivity contribution is 0.0931. The Bertz CT molecular complexity index is 871. The molecule has 1 amide bonds. The van der Waals surface area contributed by atoms with E-state index in [1.54, 1.807) is 32.4 Å². The van der Waals surface area contributed by atoms with E-state index in [1.807, 2.05) is 30.3 Å². The van der Waals surface area contributed by atoms with Gasteiger partial charge in [0.1, 0.15) is 0 Å². The van der Waals surface area contributed by atoms with Crippen molar-refractivity contribution in [3.63, 3.8) is 0 Å². The smallest absolute Gasteiger partial charge is 0.255 e. The van der Waals surface area contributed by atoms with Crippen molar-refractivity contribution in [2.45, 2.75) is 12.8 Å². The minimum absolute atomic E-state index is 0.137. The first-order chi connectivity index (χ1) is 14.2. The van der Waals surface area contributed by atoms with Crippen LogP contribution in [0, 0.1) is 17.8 Å². The van der Waals surface area contributed by atoms with Crippen LogP contribution in [0.3, 0.4) is 0 Å². The van der Waals surface area contributed by atoms with Gasteiger partial charge < -0.3 is 14.8 Å². The van der Waals surface area contributed by atoms with Crippen LogP contribution >= 0.6 is 0 Å². The van der Waals surface area contributed by atoms with Crippen molar-refractivity contribution in [2.75, 3.05) is 40.4 Å². The maximum absolute atomic E-state index is 12.7. The number of piperidine rings is 1. The number of hydrogen-bond acceptors (Lipinski definition) is 4. The average molecular weight is 392 g/mol. The highest BCUT2D eigenvalue weighted by molar-refractivity contribution is 5.97. The highest BCUT2D eigenvalue weighted by Gasteiger charge is 2.21. The number of para-hydroxylation sites is 1. The number of nitrogens with one attached hydrogen (secondary N) is 1. The molecule has 5 nitrogen and oxygen atoms in total. The molecule has 0 spiro atoms. The number of likely N-dealkylation sites (tertiary alicyclic amines) is 1. The molecule has 1 N–H and O–H groups in total. The van der Waals surface area contributed by atoms with E-state index in [4.69, 9.17) is 9.47 Å². The fraction of sp³-hybridized carbons (Fsp3) is 0.375. The van der Waals surface area contributed by atoms with Crippen LogP contribution < -0.4 is 14.8 Å². The van der Waals surface area contributed by atoms with E-state index in [2.05, 4.69) is 22.1 Å². The Kier molecular flexibility index (Phi) is 7.54. The molecule has 0 aromatic heterocycles. The summed E-state index contributed by atoms with van der Waals surface area (Å²) in [6, 6.07) is 15.4. The third kappa shape index (κ3) is 5.75. The van der Waals surface area contributed by atoms with Crippen molar-refractivity contribution in [3.05, 3.63) is 59.7 Å². The number of ether oxygens (including phenoxy) is 2. The highest BCUT2D eigenvalue weighted by atomic mass is 16.5. The van der Waals surface area contributed by atoms with Crippen molar-refractivity contribution in [3.8, 4) is 23.3 Å². The van der Waals surface area contributed by atoms with Gasteiger partial charge in [-0.3, -0.25) is 9.69 Å². The standard InChI is InChI=1S/C24H28N2O3/c1-28-22-14-6-13-21(23(22)29-2)24(27)25-17-20-12-8-16-26(18-20)15-7-11-19-9-4-3-5-10-19/h3-6,9-10,13-14,20H,8,12,15-18H2,1-2H3,(H,25,27)/t20-/m1/s1. The molecule has 1 aliphatic heterocycles. The molecule has 2 aromatic carbocycles. The number of nitrogens with zero attached hydrogens (tertiary/aromatic N) is 1. The van der Waals surface area contributed by atoms with Gasteiger partial charge in [-0.15, -0.1) is 0 Å². The maximum Gasteiger partial charge on any atom is 0.255 e. The monoisotopic (exact) mass is 392 g/mol. The molecule has 5 heteroatoms. The summed E-state index contributed by atoms with van der Waals surface area (Å²) in [6.45, 7) is 3.39. The van der Waals surface area contributed by atoms with Crippen molar-refractivity contribution >= 4 is 5.91 Å². The molecule has 0 aliphatic carbocycles. The quantitative estimate of drug-likeness (QED) is 0.767. The number of rotatable bonds is 6. The number of carbonyl (C=O) groups excluding carboxylic acids is 1. The maximum atomic E-state index is 12.7. The van der Waals surface area contributed by atoms with Gasteiger partial charge in [-0.25, -0.2) is 0 Å². The summed E-state index contributed by atoms with van der Waals surface area (Å²) < 4.78 is 10.6. The molecule has 0 bridgehead atoms. The summed E-state index contributed by atoms with van der Waals surface area (Å²) in [4.78, 5) is 15.0. The van der Waals surface area contributed by atoms with E-state index in [0.717, 1.165) is 38.0 Å². The fourth-order valence-electron chi connectivity index (χ4n) is 3.63. The average Bonchev–Trinajstić information content (AvgIpc) is 2.77. The lowest BCUT2D eigenvalue weighted by Crippen LogP contribution is -2.41. The molecule has 1 atom stereocenters. The van der Waals surface area contributed by atoms with E-state index in [9.17, 15) is 4.79 Å². The van der Waals surface area contributed by atoms with Crippen molar-refractivity contribution in [2.24, 2.45) is 5.92 Å². The van der Waals surface area contributed by atoms with E-state index in [0.29, 0.717) is 29.5 Å². The normalized spacial score (nSPS) is 16.4. The van der Waals surface area contributed by atoms with E-state index in [-0.39, 0.29) is 5.91 Å². The zero-order valence-corrected chi connectivity index (χ0v) is 17.1. The van der Waals surface area contributed by atoms with Crippen molar-refractivity contribution in [1.29, 1.82) is 0 Å². The molecule has 0 saturated carbocycles. The van der Waals surface area contributed by atoms with E-state index < -0.39 is 0 Å². The summed E-state index contributed by atoms with van der Waals surface area (Å²) in [6.07, 6.45) is 2.23. The summed E-state index contributed by atoms with van der Waals surface area (Å²) >= 11 is 0. The number of benzene rings is 2. The largest absolute Gasteiger partial charge is 0.493 e. The molecule has 1 saturated heterocycles. The molecule has 0 unspecified atom stereocenters. The second-order valence-corrected chi connectivity index (χ2v) is 7.16. The summed E-state index contributed by atoms with van der Waals surface area (Å²) in [7, 11) is 3.11. The van der Waals surface area contributed by atoms with Gasteiger partial charge in [0.25, 0.3) is 5.91 Å². The Balaban J connectivity index is 1.52. The van der Waals surface area contributed by atoms with Gasteiger partial charge in [0, 0.05) is 18.7 Å². The van der Waals surface area contributed by atoms with E-state index >= 15 is 0 Å². The predicted molar refractivity (Wildman–Crippen MR) is 114 cm³/mol. The summed E-state index contributed by atoms with van der Waals surface area (Å²) in [5.41, 5.74) is 1.54. The van der Waals surface area contributed by atoms with Crippen LogP contribution in [0.5, 0.6) is 11.5 Å². The second kappa shape index (κ2) is 10.5. The number of amides is 1. The molecule has 152 valence electrons. The van der Waals surface area contributed by atoms with Gasteiger partial charge in [-0.2, -0.15) is 0 Å². The Labute approximate surface area is 173 Å². The molecule has 2 aromatic rings. The Morgan fingerprint density at radius 1 is 1.14 bits per heavy atom. The minimum atomic E-state index is -0.137. The zero-order valence-electron chi connectivity index (χ0n) is 17.1. The van der Waals surface area contributed by atoms with Gasteiger partial charge >= 0.3 is 0 Å². The van der Waals surface area contributed by atoms with Crippen LogP contribution in [0.2, 0.25) is 0 Å². The lowest BCUT2D eigenvalue weighted by atomic mass is 9.98. The number of methoxy groups -OCH3 is 2. The Hall–Kier alpha value is -2.97. The van der Waals surface area contributed by atoms with Crippen molar-refractivity contribution < 1.29 is 14.3 Å². The van der Waals surface area contributed by atoms with Crippen LogP contribution in [-0.4, -0.2) is 51.2 Å². The van der Waals surface area contributed by atoms with Gasteiger partial charge in [0.05, 0.1) is 26.3 Å². The molecule has 29 heavy (non-hydrogen) atoms. The highest BCUT2D eigenvalue weighted by Crippen LogP contribution is 2.30. The first-order valence-electron chi connectivity index (χ1n) is 9.96. The van der Waals surface area contributed by atoms with Crippen molar-refractivity contribution in [1.82, 2.24) is 10.2 Å². The summed E-state index contributed by atoms with van der Waals surface area (Å²) in [5, 5.41) is 3.06. The summed E-state index contributed by atoms with van der Waals surface area (Å²) in [5.74, 6) is 7.79. The first-order valence-corrected chi connectivity index (χ1v) is 9.96. The third-order valence-corrected chi connectivity index (χ3v) is 5.11. The molecule has 1 heterocycles. The molecule has 3 rings (SSSR count). The molecule has 1 fully saturated rings. The van der Waals surface area contributed by atoms with Gasteiger partial charge in [0.15, 0.2) is 11.5 Å². The minimum Gasteiger partial charge on any atom is -0.493 e. The van der Waals surface area contributed by atoms with Gasteiger partial charge in [-0.1, -0.05) is 36.1 Å². The van der Waals surface area contributed by atoms with Crippen LogP contribution in [0.25, 0.3) is 0 Å². The Morgan fingerprint density at radius 2 is 1.97 bits per heavy atom. The number of hydrogen-bond donors (Lipinski definition) is 1. The molecular formula is C24H28N2O3. The lowest BCUT2D eigenvalue weighted by Gasteiger charge is -2.31. The van der Waals surface area contributed by atoms with Crippen LogP contribution in [-0.2, 0) is 0 Å². The van der Waals surface area contributed by atoms with Crippen LogP contribution in [0.4, 0.5) is 0 Å². The molecular weight excluding hydrogens is 364 g/mol. The van der Waals surface area contributed by atoms with Crippen LogP contribution in [0.15, 0.2) is 48.5 Å². The zero-order chi connectivity index (χ0) is 20.5. The second-order valence-electron chi connectivity index (χ2n) is 7.16.